The fraction of sp³-hybridized carbons (Fsp3) is 0.417. The largest absolute Gasteiger partial charge is 0.371 e. The third-order valence-electron chi connectivity index (χ3n) is 5.68. The molecule has 3 rings (SSSR count). The summed E-state index contributed by atoms with van der Waals surface area (Å²) in [5.41, 5.74) is 2.80. The number of nitrogens with one attached hydrogen (secondary N) is 1. The van der Waals surface area contributed by atoms with Gasteiger partial charge in [-0.25, -0.2) is 8.42 Å². The number of carbonyl (C=O) groups excluding carboxylic acids is 2. The van der Waals surface area contributed by atoms with E-state index >= 15 is 0 Å². The van der Waals surface area contributed by atoms with Crippen LogP contribution >= 0.6 is 0 Å². The number of anilines is 2. The van der Waals surface area contributed by atoms with Crippen molar-refractivity contribution in [2.75, 3.05) is 35.1 Å². The lowest BCUT2D eigenvalue weighted by Crippen LogP contribution is -2.40. The summed E-state index contributed by atoms with van der Waals surface area (Å²) in [6, 6.07) is 14.4. The molecule has 1 heterocycles. The smallest absolute Gasteiger partial charge is 0.241 e. The van der Waals surface area contributed by atoms with Gasteiger partial charge < -0.3 is 10.2 Å². The van der Waals surface area contributed by atoms with Gasteiger partial charge in [-0.05, 0) is 55.5 Å². The van der Waals surface area contributed by atoms with Gasteiger partial charge in [0.1, 0.15) is 6.54 Å². The molecule has 7 nitrogen and oxygen atoms in total. The van der Waals surface area contributed by atoms with E-state index in [4.69, 9.17) is 0 Å². The molecular weight excluding hydrogens is 426 g/mol. The molecule has 1 fully saturated rings. The molecule has 1 amide bonds. The van der Waals surface area contributed by atoms with Crippen LogP contribution in [0.2, 0.25) is 0 Å². The Morgan fingerprint density at radius 3 is 2.50 bits per heavy atom. The molecular formula is C24H31N3O4S. The highest BCUT2D eigenvalue weighted by Gasteiger charge is 2.21. The molecule has 0 radical (unpaired) electrons. The number of Topliss-reactive ketones (excluding diaryl/α,β-unsaturated/α-hetero) is 1. The number of hydrogen-bond donors (Lipinski definition) is 1. The van der Waals surface area contributed by atoms with Crippen molar-refractivity contribution in [2.45, 2.75) is 33.2 Å². The fourth-order valence-corrected chi connectivity index (χ4v) is 4.76. The van der Waals surface area contributed by atoms with Crippen LogP contribution in [0, 0.1) is 5.92 Å². The first kappa shape index (κ1) is 23.8. The quantitative estimate of drug-likeness (QED) is 0.615. The van der Waals surface area contributed by atoms with Crippen LogP contribution in [0.1, 0.15) is 42.6 Å². The number of amides is 1. The number of benzene rings is 2. The van der Waals surface area contributed by atoms with Crippen molar-refractivity contribution in [3.63, 3.8) is 0 Å². The molecule has 1 saturated heterocycles. The van der Waals surface area contributed by atoms with E-state index in [1.165, 1.54) is 31.5 Å². The minimum absolute atomic E-state index is 0.174. The van der Waals surface area contributed by atoms with Crippen molar-refractivity contribution >= 4 is 33.1 Å². The number of hydrogen-bond acceptors (Lipinski definition) is 5. The van der Waals surface area contributed by atoms with Gasteiger partial charge in [0.2, 0.25) is 15.9 Å². The van der Waals surface area contributed by atoms with Gasteiger partial charge >= 0.3 is 0 Å². The maximum atomic E-state index is 12.5. The number of rotatable bonds is 8. The predicted octanol–water partition coefficient (Wildman–Crippen LogP) is 3.21. The van der Waals surface area contributed by atoms with Gasteiger partial charge in [0.15, 0.2) is 5.78 Å². The summed E-state index contributed by atoms with van der Waals surface area (Å²) in [4.78, 5) is 26.6. The lowest BCUT2D eigenvalue weighted by atomic mass is 9.99. The molecule has 0 aliphatic carbocycles. The molecule has 172 valence electrons. The van der Waals surface area contributed by atoms with Crippen LogP contribution in [-0.4, -0.2) is 46.0 Å². The monoisotopic (exact) mass is 457 g/mol. The molecule has 0 bridgehead atoms. The van der Waals surface area contributed by atoms with Crippen LogP contribution in [0.3, 0.4) is 0 Å². The van der Waals surface area contributed by atoms with E-state index in [9.17, 15) is 18.0 Å². The van der Waals surface area contributed by atoms with E-state index in [1.54, 1.807) is 18.2 Å². The van der Waals surface area contributed by atoms with E-state index in [-0.39, 0.29) is 18.0 Å². The Bertz CT molecular complexity index is 1070. The number of ketones is 1. The molecule has 0 aromatic heterocycles. The maximum Gasteiger partial charge on any atom is 0.241 e. The van der Waals surface area contributed by atoms with Gasteiger partial charge in [0.05, 0.1) is 11.9 Å². The Labute approximate surface area is 190 Å². The third kappa shape index (κ3) is 6.32. The molecule has 1 unspecified atom stereocenters. The molecule has 1 atom stereocenters. The molecule has 8 heteroatoms. The molecule has 0 saturated carbocycles. The summed E-state index contributed by atoms with van der Waals surface area (Å²) in [5.74, 6) is 0.0986. The summed E-state index contributed by atoms with van der Waals surface area (Å²) in [6.07, 6.45) is 3.51. The van der Waals surface area contributed by atoms with Gasteiger partial charge in [0.25, 0.3) is 0 Å². The van der Waals surface area contributed by atoms with E-state index in [2.05, 4.69) is 29.3 Å². The summed E-state index contributed by atoms with van der Waals surface area (Å²) < 4.78 is 25.6. The number of piperidine rings is 1. The zero-order valence-corrected chi connectivity index (χ0v) is 19.7. The minimum atomic E-state index is -3.71. The van der Waals surface area contributed by atoms with Crippen molar-refractivity contribution < 1.29 is 18.0 Å². The number of sulfonamides is 1. The Kier molecular flexibility index (Phi) is 7.56. The molecule has 2 aromatic carbocycles. The van der Waals surface area contributed by atoms with Crippen LogP contribution < -0.4 is 14.5 Å². The van der Waals surface area contributed by atoms with E-state index in [1.807, 2.05) is 12.1 Å². The minimum Gasteiger partial charge on any atom is -0.371 e. The van der Waals surface area contributed by atoms with Crippen molar-refractivity contribution in [2.24, 2.45) is 5.92 Å². The average Bonchev–Trinajstić information content (AvgIpc) is 2.75. The van der Waals surface area contributed by atoms with Crippen molar-refractivity contribution in [3.8, 4) is 0 Å². The maximum absolute atomic E-state index is 12.5. The summed E-state index contributed by atoms with van der Waals surface area (Å²) in [7, 11) is -3.71. The van der Waals surface area contributed by atoms with Crippen LogP contribution in [-0.2, 0) is 21.4 Å². The van der Waals surface area contributed by atoms with Crippen molar-refractivity contribution in [1.82, 2.24) is 5.32 Å². The Morgan fingerprint density at radius 2 is 1.88 bits per heavy atom. The Balaban J connectivity index is 1.62. The molecule has 2 aromatic rings. The highest BCUT2D eigenvalue weighted by Crippen LogP contribution is 2.23. The second kappa shape index (κ2) is 10.2. The zero-order valence-electron chi connectivity index (χ0n) is 18.9. The van der Waals surface area contributed by atoms with Gasteiger partial charge in [0, 0.05) is 30.9 Å². The molecule has 1 aliphatic rings. The Morgan fingerprint density at radius 1 is 1.16 bits per heavy atom. The normalized spacial score (nSPS) is 16.5. The average molecular weight is 458 g/mol. The van der Waals surface area contributed by atoms with Gasteiger partial charge in [-0.3, -0.25) is 13.9 Å². The van der Waals surface area contributed by atoms with E-state index < -0.39 is 15.9 Å². The Hall–Kier alpha value is -2.87. The van der Waals surface area contributed by atoms with Crippen LogP contribution in [0.4, 0.5) is 11.4 Å². The topological polar surface area (TPSA) is 86.8 Å². The van der Waals surface area contributed by atoms with Crippen LogP contribution in [0.25, 0.3) is 0 Å². The van der Waals surface area contributed by atoms with Gasteiger partial charge in [-0.15, -0.1) is 0 Å². The third-order valence-corrected chi connectivity index (χ3v) is 6.82. The number of carbonyl (C=O) groups is 2. The molecule has 1 aliphatic heterocycles. The lowest BCUT2D eigenvalue weighted by Gasteiger charge is -2.32. The van der Waals surface area contributed by atoms with E-state index in [0.29, 0.717) is 18.0 Å². The van der Waals surface area contributed by atoms with E-state index in [0.717, 1.165) is 29.2 Å². The highest BCUT2D eigenvalue weighted by atomic mass is 32.2. The highest BCUT2D eigenvalue weighted by molar-refractivity contribution is 7.92. The second-order valence-electron chi connectivity index (χ2n) is 8.51. The number of nitrogens with zero attached hydrogens (tertiary/aromatic N) is 2. The molecule has 32 heavy (non-hydrogen) atoms. The predicted molar refractivity (Wildman–Crippen MR) is 128 cm³/mol. The molecule has 0 spiro atoms. The second-order valence-corrected chi connectivity index (χ2v) is 10.4. The first-order valence-electron chi connectivity index (χ1n) is 10.8. The fourth-order valence-electron chi connectivity index (χ4n) is 3.92. The van der Waals surface area contributed by atoms with Crippen LogP contribution in [0.15, 0.2) is 48.5 Å². The first-order valence-corrected chi connectivity index (χ1v) is 12.7. The van der Waals surface area contributed by atoms with Crippen molar-refractivity contribution in [3.05, 3.63) is 59.7 Å². The van der Waals surface area contributed by atoms with Gasteiger partial charge in [-0.2, -0.15) is 0 Å². The summed E-state index contributed by atoms with van der Waals surface area (Å²) in [5, 5.41) is 2.79. The first-order chi connectivity index (χ1) is 15.1. The van der Waals surface area contributed by atoms with Crippen molar-refractivity contribution in [1.29, 1.82) is 0 Å². The standard InChI is InChI=1S/C24H31N3O4S/c1-18-6-5-13-26(16-18)22-11-9-20(10-12-22)15-25-24(29)17-27(32(3,30)31)23-8-4-7-21(14-23)19(2)28/h4,7-12,14,18H,5-6,13,15-17H2,1-3H3,(H,25,29). The van der Waals surface area contributed by atoms with Gasteiger partial charge in [-0.1, -0.05) is 31.2 Å². The lowest BCUT2D eigenvalue weighted by molar-refractivity contribution is -0.119. The van der Waals surface area contributed by atoms with Crippen LogP contribution in [0.5, 0.6) is 0 Å². The summed E-state index contributed by atoms with van der Waals surface area (Å²) >= 11 is 0. The zero-order chi connectivity index (χ0) is 23.3. The summed E-state index contributed by atoms with van der Waals surface area (Å²) in [6.45, 7) is 5.75. The molecule has 1 N–H and O–H groups in total. The SMILES string of the molecule is CC(=O)c1cccc(N(CC(=O)NCc2ccc(N3CCCC(C)C3)cc2)S(C)(=O)=O)c1.